The Hall–Kier alpha value is -1.01. The molecule has 1 fully saturated rings. The fourth-order valence-corrected chi connectivity index (χ4v) is 2.29. The molecule has 7 heteroatoms. The monoisotopic (exact) mass is 333 g/mol. The average molecular weight is 334 g/mol. The van der Waals surface area contributed by atoms with Crippen LogP contribution in [-0.4, -0.2) is 38.1 Å². The Labute approximate surface area is 133 Å². The van der Waals surface area contributed by atoms with Gasteiger partial charge in [0.1, 0.15) is 5.75 Å². The first-order chi connectivity index (χ1) is 9.98. The standard InChI is InChI=1S/C14H17Cl2NO4/c1-14(20-5-2-6-21-14)9-17-13(18)8-19-12-4-3-10(15)7-11(12)16/h3-4,7H,2,5-6,8-9H2,1H3,(H,17,18). The second kappa shape index (κ2) is 7.31. The summed E-state index contributed by atoms with van der Waals surface area (Å²) in [4.78, 5) is 11.8. The van der Waals surface area contributed by atoms with Crippen LogP contribution in [0.15, 0.2) is 18.2 Å². The number of rotatable bonds is 5. The van der Waals surface area contributed by atoms with Crippen molar-refractivity contribution in [1.82, 2.24) is 5.32 Å². The first kappa shape index (κ1) is 16.4. The molecule has 0 spiro atoms. The summed E-state index contributed by atoms with van der Waals surface area (Å²) in [6.45, 7) is 3.18. The highest BCUT2D eigenvalue weighted by Gasteiger charge is 2.29. The van der Waals surface area contributed by atoms with Crippen molar-refractivity contribution >= 4 is 29.1 Å². The lowest BCUT2D eigenvalue weighted by Crippen LogP contribution is -2.48. The highest BCUT2D eigenvalue weighted by Crippen LogP contribution is 2.27. The largest absolute Gasteiger partial charge is 0.482 e. The van der Waals surface area contributed by atoms with E-state index in [1.807, 2.05) is 0 Å². The first-order valence-electron chi connectivity index (χ1n) is 6.61. The van der Waals surface area contributed by atoms with Crippen molar-refractivity contribution in [2.75, 3.05) is 26.4 Å². The van der Waals surface area contributed by atoms with E-state index < -0.39 is 5.79 Å². The Morgan fingerprint density at radius 3 is 2.76 bits per heavy atom. The molecule has 21 heavy (non-hydrogen) atoms. The normalized spacial score (nSPS) is 17.3. The number of nitrogens with one attached hydrogen (secondary N) is 1. The second-order valence-electron chi connectivity index (χ2n) is 4.82. The zero-order valence-electron chi connectivity index (χ0n) is 11.7. The van der Waals surface area contributed by atoms with Gasteiger partial charge >= 0.3 is 0 Å². The molecule has 0 saturated carbocycles. The summed E-state index contributed by atoms with van der Waals surface area (Å²) in [7, 11) is 0. The molecule has 1 amide bonds. The molecule has 0 atom stereocenters. The van der Waals surface area contributed by atoms with Crippen LogP contribution < -0.4 is 10.1 Å². The molecule has 1 aromatic rings. The predicted molar refractivity (Wildman–Crippen MR) is 79.9 cm³/mol. The highest BCUT2D eigenvalue weighted by atomic mass is 35.5. The van der Waals surface area contributed by atoms with Crippen LogP contribution in [0.2, 0.25) is 10.0 Å². The molecule has 0 unspecified atom stereocenters. The number of carbonyl (C=O) groups excluding carboxylic acids is 1. The van der Waals surface area contributed by atoms with Gasteiger partial charge in [0, 0.05) is 5.02 Å². The van der Waals surface area contributed by atoms with Gasteiger partial charge in [0.05, 0.1) is 24.8 Å². The van der Waals surface area contributed by atoms with E-state index in [0.29, 0.717) is 29.0 Å². The quantitative estimate of drug-likeness (QED) is 0.899. The molecule has 0 aliphatic carbocycles. The van der Waals surface area contributed by atoms with Gasteiger partial charge in [0.25, 0.3) is 5.91 Å². The Bertz CT molecular complexity index is 504. The zero-order chi connectivity index (χ0) is 15.3. The third kappa shape index (κ3) is 5.04. The average Bonchev–Trinajstić information content (AvgIpc) is 2.45. The molecule has 1 heterocycles. The molecule has 0 radical (unpaired) electrons. The Balaban J connectivity index is 1.77. The Kier molecular flexibility index (Phi) is 5.70. The van der Waals surface area contributed by atoms with Gasteiger partial charge in [-0.1, -0.05) is 23.2 Å². The molecule has 1 N–H and O–H groups in total. The van der Waals surface area contributed by atoms with Crippen molar-refractivity contribution < 1.29 is 19.0 Å². The number of hydrogen-bond acceptors (Lipinski definition) is 4. The van der Waals surface area contributed by atoms with Gasteiger partial charge in [-0.25, -0.2) is 0 Å². The van der Waals surface area contributed by atoms with Crippen LogP contribution >= 0.6 is 23.2 Å². The molecule has 5 nitrogen and oxygen atoms in total. The molecule has 1 aromatic carbocycles. The van der Waals surface area contributed by atoms with E-state index in [9.17, 15) is 4.79 Å². The van der Waals surface area contributed by atoms with Crippen molar-refractivity contribution in [1.29, 1.82) is 0 Å². The van der Waals surface area contributed by atoms with E-state index in [-0.39, 0.29) is 19.1 Å². The summed E-state index contributed by atoms with van der Waals surface area (Å²) in [6.07, 6.45) is 0.863. The molecule has 0 aromatic heterocycles. The molecule has 1 aliphatic rings. The van der Waals surface area contributed by atoms with Crippen LogP contribution in [0.4, 0.5) is 0 Å². The maximum Gasteiger partial charge on any atom is 0.258 e. The number of ether oxygens (including phenoxy) is 3. The van der Waals surface area contributed by atoms with Gasteiger partial charge in [-0.2, -0.15) is 0 Å². The number of carbonyl (C=O) groups is 1. The summed E-state index contributed by atoms with van der Waals surface area (Å²) in [5.41, 5.74) is 0. The topological polar surface area (TPSA) is 56.8 Å². The fourth-order valence-electron chi connectivity index (χ4n) is 1.82. The van der Waals surface area contributed by atoms with E-state index in [4.69, 9.17) is 37.4 Å². The predicted octanol–water partition coefficient (Wildman–Crippen LogP) is 2.64. The molecule has 2 rings (SSSR count). The summed E-state index contributed by atoms with van der Waals surface area (Å²) in [5.74, 6) is -0.640. The van der Waals surface area contributed by atoms with Crippen molar-refractivity contribution in [2.24, 2.45) is 0 Å². The number of benzene rings is 1. The van der Waals surface area contributed by atoms with Crippen molar-refractivity contribution in [3.8, 4) is 5.75 Å². The number of halogens is 2. The zero-order valence-corrected chi connectivity index (χ0v) is 13.2. The molecule has 1 aliphatic heterocycles. The summed E-state index contributed by atoms with van der Waals surface area (Å²) in [6, 6.07) is 4.82. The minimum atomic E-state index is -0.772. The fraction of sp³-hybridized carbons (Fsp3) is 0.500. The maximum absolute atomic E-state index is 11.8. The van der Waals surface area contributed by atoms with Gasteiger partial charge in [0.2, 0.25) is 0 Å². The summed E-state index contributed by atoms with van der Waals surface area (Å²) < 4.78 is 16.3. The van der Waals surface area contributed by atoms with Gasteiger partial charge < -0.3 is 19.5 Å². The SMILES string of the molecule is CC1(CNC(=O)COc2ccc(Cl)cc2Cl)OCCCO1. The lowest BCUT2D eigenvalue weighted by Gasteiger charge is -2.33. The van der Waals surface area contributed by atoms with Crippen LogP contribution in [0, 0.1) is 0 Å². The van der Waals surface area contributed by atoms with Crippen molar-refractivity contribution in [2.45, 2.75) is 19.1 Å². The Morgan fingerprint density at radius 2 is 2.10 bits per heavy atom. The van der Waals surface area contributed by atoms with Crippen LogP contribution in [0.3, 0.4) is 0 Å². The van der Waals surface area contributed by atoms with E-state index >= 15 is 0 Å². The van der Waals surface area contributed by atoms with Crippen LogP contribution in [0.1, 0.15) is 13.3 Å². The second-order valence-corrected chi connectivity index (χ2v) is 5.67. The highest BCUT2D eigenvalue weighted by molar-refractivity contribution is 6.35. The minimum Gasteiger partial charge on any atom is -0.482 e. The molecular formula is C14H17Cl2NO4. The van der Waals surface area contributed by atoms with Gasteiger partial charge in [0.15, 0.2) is 12.4 Å². The summed E-state index contributed by atoms with van der Waals surface area (Å²) in [5, 5.41) is 3.58. The molecular weight excluding hydrogens is 317 g/mol. The van der Waals surface area contributed by atoms with E-state index in [1.54, 1.807) is 25.1 Å². The third-order valence-electron chi connectivity index (χ3n) is 2.96. The molecule has 1 saturated heterocycles. The number of hydrogen-bond donors (Lipinski definition) is 1. The number of amides is 1. The first-order valence-corrected chi connectivity index (χ1v) is 7.37. The minimum absolute atomic E-state index is 0.141. The van der Waals surface area contributed by atoms with E-state index in [1.165, 1.54) is 0 Å². The summed E-state index contributed by atoms with van der Waals surface area (Å²) >= 11 is 11.7. The van der Waals surface area contributed by atoms with E-state index in [2.05, 4.69) is 5.32 Å². The van der Waals surface area contributed by atoms with Crippen molar-refractivity contribution in [3.63, 3.8) is 0 Å². The Morgan fingerprint density at radius 1 is 1.38 bits per heavy atom. The van der Waals surface area contributed by atoms with Gasteiger partial charge in [-0.05, 0) is 31.5 Å². The van der Waals surface area contributed by atoms with Gasteiger partial charge in [-0.15, -0.1) is 0 Å². The van der Waals surface area contributed by atoms with Gasteiger partial charge in [-0.3, -0.25) is 4.79 Å². The van der Waals surface area contributed by atoms with Crippen LogP contribution in [0.5, 0.6) is 5.75 Å². The lowest BCUT2D eigenvalue weighted by atomic mass is 10.2. The third-order valence-corrected chi connectivity index (χ3v) is 3.49. The van der Waals surface area contributed by atoms with Crippen LogP contribution in [0.25, 0.3) is 0 Å². The maximum atomic E-state index is 11.8. The van der Waals surface area contributed by atoms with E-state index in [0.717, 1.165) is 6.42 Å². The van der Waals surface area contributed by atoms with Crippen LogP contribution in [-0.2, 0) is 14.3 Å². The smallest absolute Gasteiger partial charge is 0.258 e. The molecule has 116 valence electrons. The molecule has 0 bridgehead atoms. The van der Waals surface area contributed by atoms with Crippen molar-refractivity contribution in [3.05, 3.63) is 28.2 Å². The lowest BCUT2D eigenvalue weighted by molar-refractivity contribution is -0.251.